The van der Waals surface area contributed by atoms with Crippen LogP contribution in [0.3, 0.4) is 0 Å². The van der Waals surface area contributed by atoms with Crippen molar-refractivity contribution in [1.82, 2.24) is 14.8 Å². The van der Waals surface area contributed by atoms with Crippen molar-refractivity contribution in [2.24, 2.45) is 0 Å². The van der Waals surface area contributed by atoms with Crippen LogP contribution in [0.15, 0.2) is 64.4 Å². The minimum Gasteiger partial charge on any atom is -0.496 e. The van der Waals surface area contributed by atoms with Crippen molar-refractivity contribution in [1.29, 1.82) is 0 Å². The van der Waals surface area contributed by atoms with Crippen LogP contribution >= 0.6 is 22.9 Å². The number of carbonyl (C=O) groups excluding carboxylic acids is 1. The third-order valence-corrected chi connectivity index (χ3v) is 5.88. The van der Waals surface area contributed by atoms with E-state index in [4.69, 9.17) is 20.8 Å². The topological polar surface area (TPSA) is 82.2 Å². The van der Waals surface area contributed by atoms with Gasteiger partial charge in [-0.3, -0.25) is 4.79 Å². The Kier molecular flexibility index (Phi) is 5.16. The summed E-state index contributed by atoms with van der Waals surface area (Å²) in [7, 11) is 1.50. The largest absolute Gasteiger partial charge is 0.496 e. The van der Waals surface area contributed by atoms with Gasteiger partial charge in [-0.1, -0.05) is 29.8 Å². The lowest BCUT2D eigenvalue weighted by atomic mass is 10.2. The van der Waals surface area contributed by atoms with E-state index in [2.05, 4.69) is 15.4 Å². The van der Waals surface area contributed by atoms with Crippen LogP contribution < -0.4 is 10.1 Å². The number of carbonyl (C=O) groups is 1. The predicted molar refractivity (Wildman–Crippen MR) is 125 cm³/mol. The van der Waals surface area contributed by atoms with Gasteiger partial charge in [-0.05, 0) is 37.3 Å². The van der Waals surface area contributed by atoms with Crippen molar-refractivity contribution in [3.05, 3.63) is 76.3 Å². The summed E-state index contributed by atoms with van der Waals surface area (Å²) in [5.74, 6) is 1.22. The molecule has 0 aliphatic carbocycles. The summed E-state index contributed by atoms with van der Waals surface area (Å²) in [6.45, 7) is 1.85. The van der Waals surface area contributed by atoms with Gasteiger partial charge >= 0.3 is 0 Å². The number of hydrogen-bond donors (Lipinski definition) is 1. The smallest absolute Gasteiger partial charge is 0.260 e. The zero-order valence-corrected chi connectivity index (χ0v) is 18.7. The van der Waals surface area contributed by atoms with Gasteiger partial charge in [0, 0.05) is 21.9 Å². The molecule has 0 saturated heterocycles. The molecule has 0 spiro atoms. The number of rotatable bonds is 5. The second-order valence-electron chi connectivity index (χ2n) is 7.05. The Morgan fingerprint density at radius 1 is 1.19 bits per heavy atom. The summed E-state index contributed by atoms with van der Waals surface area (Å²) in [5, 5.41) is 11.3. The van der Waals surface area contributed by atoms with Gasteiger partial charge in [0.2, 0.25) is 5.13 Å². The van der Waals surface area contributed by atoms with Gasteiger partial charge < -0.3 is 14.5 Å². The Labute approximate surface area is 192 Å². The first-order valence-corrected chi connectivity index (χ1v) is 10.9. The van der Waals surface area contributed by atoms with Gasteiger partial charge in [0.25, 0.3) is 5.91 Å². The van der Waals surface area contributed by atoms with Crippen LogP contribution in [0.25, 0.3) is 27.6 Å². The van der Waals surface area contributed by atoms with Crippen LogP contribution in [0.4, 0.5) is 5.82 Å². The van der Waals surface area contributed by atoms with Gasteiger partial charge in [0.1, 0.15) is 22.8 Å². The maximum absolute atomic E-state index is 12.9. The van der Waals surface area contributed by atoms with E-state index in [1.165, 1.54) is 18.4 Å². The molecule has 1 N–H and O–H groups in total. The van der Waals surface area contributed by atoms with Crippen LogP contribution in [0.5, 0.6) is 5.75 Å². The van der Waals surface area contributed by atoms with E-state index < -0.39 is 0 Å². The number of para-hydroxylation sites is 1. The average Bonchev–Trinajstić information content (AvgIpc) is 3.51. The first-order chi connectivity index (χ1) is 15.5. The van der Waals surface area contributed by atoms with Gasteiger partial charge in [-0.25, -0.2) is 4.98 Å². The number of aromatic nitrogens is 3. The van der Waals surface area contributed by atoms with Crippen LogP contribution in [0, 0.1) is 6.92 Å². The van der Waals surface area contributed by atoms with Crippen molar-refractivity contribution in [3.8, 4) is 22.3 Å². The number of amides is 1. The number of thiazole rings is 1. The van der Waals surface area contributed by atoms with Crippen molar-refractivity contribution >= 4 is 45.6 Å². The standard InChI is InChI=1S/C23H17ClN4O3S/c1-13-9-21(26-22(29)16-11-15(24)7-8-19(16)30-2)28(27-13)23-25-17(12-32-23)20-10-14-5-3-4-6-18(14)31-20/h3-12H,1-2H3,(H,26,29). The van der Waals surface area contributed by atoms with Crippen molar-refractivity contribution in [3.63, 3.8) is 0 Å². The third-order valence-electron chi connectivity index (χ3n) is 4.83. The normalized spacial score (nSPS) is 11.1. The summed E-state index contributed by atoms with van der Waals surface area (Å²) in [6, 6.07) is 16.4. The molecule has 0 bridgehead atoms. The lowest BCUT2D eigenvalue weighted by Gasteiger charge is -2.10. The van der Waals surface area contributed by atoms with E-state index in [-0.39, 0.29) is 5.91 Å². The highest BCUT2D eigenvalue weighted by atomic mass is 35.5. The van der Waals surface area contributed by atoms with Crippen LogP contribution in [0.2, 0.25) is 5.02 Å². The highest BCUT2D eigenvalue weighted by molar-refractivity contribution is 7.12. The fraction of sp³-hybridized carbons (Fsp3) is 0.0870. The fourth-order valence-electron chi connectivity index (χ4n) is 3.36. The zero-order chi connectivity index (χ0) is 22.2. The number of hydrogen-bond acceptors (Lipinski definition) is 6. The highest BCUT2D eigenvalue weighted by Crippen LogP contribution is 2.31. The Morgan fingerprint density at radius 2 is 2.03 bits per heavy atom. The van der Waals surface area contributed by atoms with E-state index in [1.54, 1.807) is 28.9 Å². The molecule has 0 atom stereocenters. The number of aryl methyl sites for hydroxylation is 1. The molecule has 5 rings (SSSR count). The van der Waals surface area contributed by atoms with E-state index in [1.807, 2.05) is 42.6 Å². The molecule has 0 radical (unpaired) electrons. The first kappa shape index (κ1) is 20.3. The summed E-state index contributed by atoms with van der Waals surface area (Å²) in [4.78, 5) is 17.6. The predicted octanol–water partition coefficient (Wildman–Crippen LogP) is 5.96. The zero-order valence-electron chi connectivity index (χ0n) is 17.1. The fourth-order valence-corrected chi connectivity index (χ4v) is 4.31. The third kappa shape index (κ3) is 3.74. The first-order valence-electron chi connectivity index (χ1n) is 9.68. The van der Waals surface area contributed by atoms with Crippen molar-refractivity contribution in [2.45, 2.75) is 6.92 Å². The molecule has 160 valence electrons. The molecular weight excluding hydrogens is 448 g/mol. The van der Waals surface area contributed by atoms with Crippen LogP contribution in [-0.2, 0) is 0 Å². The van der Waals surface area contributed by atoms with Crippen LogP contribution in [0.1, 0.15) is 16.1 Å². The Morgan fingerprint density at radius 3 is 2.84 bits per heavy atom. The number of anilines is 1. The van der Waals surface area contributed by atoms with Gasteiger partial charge in [-0.15, -0.1) is 11.3 Å². The van der Waals surface area contributed by atoms with E-state index in [9.17, 15) is 4.79 Å². The molecule has 7 nitrogen and oxygen atoms in total. The SMILES string of the molecule is COc1ccc(Cl)cc1C(=O)Nc1cc(C)nn1-c1nc(-c2cc3ccccc3o2)cs1. The maximum atomic E-state index is 12.9. The van der Waals surface area contributed by atoms with Gasteiger partial charge in [0.15, 0.2) is 5.76 Å². The molecule has 1 amide bonds. The second-order valence-corrected chi connectivity index (χ2v) is 8.32. The molecule has 0 unspecified atom stereocenters. The summed E-state index contributed by atoms with van der Waals surface area (Å²) in [5.41, 5.74) is 2.56. The molecule has 2 aromatic carbocycles. The molecule has 0 saturated carbocycles. The number of nitrogens with one attached hydrogen (secondary N) is 1. The van der Waals surface area contributed by atoms with Gasteiger partial charge in [-0.2, -0.15) is 9.78 Å². The Hall–Kier alpha value is -3.62. The molecule has 0 fully saturated rings. The molecular formula is C23H17ClN4O3S. The quantitative estimate of drug-likeness (QED) is 0.346. The lowest BCUT2D eigenvalue weighted by molar-refractivity contribution is 0.102. The minimum absolute atomic E-state index is 0.326. The van der Waals surface area contributed by atoms with E-state index in [0.29, 0.717) is 38.7 Å². The summed E-state index contributed by atoms with van der Waals surface area (Å²) in [6.07, 6.45) is 0. The number of benzene rings is 2. The van der Waals surface area contributed by atoms with Gasteiger partial charge in [0.05, 0.1) is 18.4 Å². The highest BCUT2D eigenvalue weighted by Gasteiger charge is 2.19. The van der Waals surface area contributed by atoms with Crippen LogP contribution in [-0.4, -0.2) is 27.8 Å². The lowest BCUT2D eigenvalue weighted by Crippen LogP contribution is -2.16. The van der Waals surface area contributed by atoms with Crippen molar-refractivity contribution in [2.75, 3.05) is 12.4 Å². The molecule has 3 aromatic heterocycles. The number of halogens is 1. The molecule has 3 heterocycles. The molecule has 0 aliphatic rings. The van der Waals surface area contributed by atoms with E-state index in [0.717, 1.165) is 16.7 Å². The van der Waals surface area contributed by atoms with Crippen molar-refractivity contribution < 1.29 is 13.9 Å². The molecule has 9 heteroatoms. The maximum Gasteiger partial charge on any atom is 0.260 e. The molecule has 5 aromatic rings. The summed E-state index contributed by atoms with van der Waals surface area (Å²) < 4.78 is 12.8. The molecule has 32 heavy (non-hydrogen) atoms. The Balaban J connectivity index is 1.47. The number of furan rings is 1. The number of fused-ring (bicyclic) bond motifs is 1. The minimum atomic E-state index is -0.362. The number of methoxy groups -OCH3 is 1. The number of nitrogens with zero attached hydrogens (tertiary/aromatic N) is 3. The van der Waals surface area contributed by atoms with E-state index >= 15 is 0 Å². The number of ether oxygens (including phenoxy) is 1. The monoisotopic (exact) mass is 464 g/mol. The summed E-state index contributed by atoms with van der Waals surface area (Å²) >= 11 is 7.47. The second kappa shape index (κ2) is 8.14. The average molecular weight is 465 g/mol. The Bertz CT molecular complexity index is 1420. The molecule has 0 aliphatic heterocycles.